The number of carbonyl (C=O) groups excluding carboxylic acids is 1. The van der Waals surface area contributed by atoms with Crippen molar-refractivity contribution < 1.29 is 19.2 Å². The molecule has 2 aromatic rings. The maximum Gasteiger partial charge on any atom is 0.270 e. The molecule has 9 nitrogen and oxygen atoms in total. The molecule has 9 heteroatoms. The van der Waals surface area contributed by atoms with Crippen molar-refractivity contribution in [1.82, 2.24) is 0 Å². The molecular formula is C19H18N4O5. The van der Waals surface area contributed by atoms with Gasteiger partial charge in [0.25, 0.3) is 11.6 Å². The maximum absolute atomic E-state index is 13.0. The van der Waals surface area contributed by atoms with Crippen molar-refractivity contribution >= 4 is 23.0 Å². The zero-order valence-corrected chi connectivity index (χ0v) is 15.2. The number of nitro benzene ring substituents is 1. The molecular weight excluding hydrogens is 364 g/mol. The van der Waals surface area contributed by atoms with E-state index in [1.54, 1.807) is 18.2 Å². The van der Waals surface area contributed by atoms with Crippen molar-refractivity contribution in [2.45, 2.75) is 0 Å². The molecule has 0 atom stereocenters. The second-order valence-electron chi connectivity index (χ2n) is 6.04. The number of non-ortho nitro benzene ring substituents is 1. The van der Waals surface area contributed by atoms with Crippen molar-refractivity contribution in [3.63, 3.8) is 0 Å². The zero-order valence-electron chi connectivity index (χ0n) is 15.2. The van der Waals surface area contributed by atoms with Gasteiger partial charge in [0.05, 0.1) is 53.8 Å². The van der Waals surface area contributed by atoms with Crippen LogP contribution in [0.1, 0.15) is 15.9 Å². The summed E-state index contributed by atoms with van der Waals surface area (Å²) in [5.74, 6) is -0.149. The number of nitrogens with one attached hydrogen (secondary N) is 1. The van der Waals surface area contributed by atoms with Gasteiger partial charge in [0.1, 0.15) is 5.75 Å². The van der Waals surface area contributed by atoms with Crippen LogP contribution in [0.5, 0.6) is 5.75 Å². The number of nitrogens with zero attached hydrogens (tertiary/aromatic N) is 3. The van der Waals surface area contributed by atoms with Gasteiger partial charge in [0.2, 0.25) is 0 Å². The molecule has 0 spiro atoms. The third kappa shape index (κ3) is 4.02. The summed E-state index contributed by atoms with van der Waals surface area (Å²) in [7, 11) is 1.45. The maximum atomic E-state index is 13.0. The van der Waals surface area contributed by atoms with Gasteiger partial charge in [-0.3, -0.25) is 14.9 Å². The number of methoxy groups -OCH3 is 1. The molecule has 0 aromatic heterocycles. The molecule has 1 aliphatic rings. The Kier molecular flexibility index (Phi) is 5.72. The quantitative estimate of drug-likeness (QED) is 0.624. The number of hydrogen-bond donors (Lipinski definition) is 1. The minimum absolute atomic E-state index is 0.167. The van der Waals surface area contributed by atoms with E-state index in [1.165, 1.54) is 25.3 Å². The van der Waals surface area contributed by atoms with Crippen molar-refractivity contribution in [1.29, 1.82) is 5.26 Å². The van der Waals surface area contributed by atoms with Gasteiger partial charge in [-0.05, 0) is 24.3 Å². The molecule has 1 N–H and O–H groups in total. The molecule has 144 valence electrons. The standard InChI is InChI=1S/C19H18N4O5/c1-27-18-5-2-13(12-20)10-16(18)21-19(24)15-11-14(23(25)26)3-4-17(15)22-6-8-28-9-7-22/h2-5,10-11H,6-9H2,1H3,(H,21,24). The highest BCUT2D eigenvalue weighted by molar-refractivity contribution is 6.09. The molecule has 0 saturated carbocycles. The molecule has 0 unspecified atom stereocenters. The number of anilines is 2. The molecule has 1 saturated heterocycles. The highest BCUT2D eigenvalue weighted by Gasteiger charge is 2.23. The predicted molar refractivity (Wildman–Crippen MR) is 102 cm³/mol. The van der Waals surface area contributed by atoms with Crippen LogP contribution in [-0.2, 0) is 4.74 Å². The molecule has 1 aliphatic heterocycles. The number of benzene rings is 2. The summed E-state index contributed by atoms with van der Waals surface area (Å²) in [6.07, 6.45) is 0. The third-order valence-corrected chi connectivity index (χ3v) is 4.36. The fraction of sp³-hybridized carbons (Fsp3) is 0.263. The van der Waals surface area contributed by atoms with Gasteiger partial charge < -0.3 is 19.7 Å². The summed E-state index contributed by atoms with van der Waals surface area (Å²) in [5, 5.41) is 23.0. The highest BCUT2D eigenvalue weighted by atomic mass is 16.6. The molecule has 1 fully saturated rings. The molecule has 0 radical (unpaired) electrons. The summed E-state index contributed by atoms with van der Waals surface area (Å²) in [5.41, 5.74) is 1.23. The number of nitriles is 1. The van der Waals surface area contributed by atoms with E-state index < -0.39 is 10.8 Å². The van der Waals surface area contributed by atoms with Crippen LogP contribution in [0.4, 0.5) is 17.1 Å². The van der Waals surface area contributed by atoms with Crippen molar-refractivity contribution in [3.05, 3.63) is 57.6 Å². The first-order valence-corrected chi connectivity index (χ1v) is 8.54. The van der Waals surface area contributed by atoms with E-state index in [2.05, 4.69) is 5.32 Å². The molecule has 1 amide bonds. The summed E-state index contributed by atoms with van der Waals surface area (Å²) in [4.78, 5) is 25.6. The number of amides is 1. The second kappa shape index (κ2) is 8.37. The molecule has 28 heavy (non-hydrogen) atoms. The SMILES string of the molecule is COc1ccc(C#N)cc1NC(=O)c1cc([N+](=O)[O-])ccc1N1CCOCC1. The molecule has 0 bridgehead atoms. The monoisotopic (exact) mass is 382 g/mol. The Morgan fingerprint density at radius 1 is 1.29 bits per heavy atom. The van der Waals surface area contributed by atoms with Gasteiger partial charge in [0.15, 0.2) is 0 Å². The van der Waals surface area contributed by atoms with E-state index >= 15 is 0 Å². The van der Waals surface area contributed by atoms with Crippen LogP contribution >= 0.6 is 0 Å². The third-order valence-electron chi connectivity index (χ3n) is 4.36. The minimum Gasteiger partial charge on any atom is -0.495 e. The van der Waals surface area contributed by atoms with E-state index in [-0.39, 0.29) is 11.3 Å². The lowest BCUT2D eigenvalue weighted by molar-refractivity contribution is -0.384. The highest BCUT2D eigenvalue weighted by Crippen LogP contribution is 2.30. The van der Waals surface area contributed by atoms with Gasteiger partial charge in [-0.2, -0.15) is 5.26 Å². The van der Waals surface area contributed by atoms with Crippen LogP contribution < -0.4 is 15.0 Å². The Balaban J connectivity index is 1.99. The number of ether oxygens (including phenoxy) is 2. The average Bonchev–Trinajstić information content (AvgIpc) is 2.73. The normalized spacial score (nSPS) is 13.5. The van der Waals surface area contributed by atoms with Gasteiger partial charge >= 0.3 is 0 Å². The largest absolute Gasteiger partial charge is 0.495 e. The van der Waals surface area contributed by atoms with Crippen LogP contribution in [0.2, 0.25) is 0 Å². The van der Waals surface area contributed by atoms with Crippen LogP contribution in [0.3, 0.4) is 0 Å². The van der Waals surface area contributed by atoms with Gasteiger partial charge in [0, 0.05) is 25.2 Å². The Bertz CT molecular complexity index is 948. The molecule has 3 rings (SSSR count). The molecule has 2 aromatic carbocycles. The van der Waals surface area contributed by atoms with Crippen molar-refractivity contribution in [2.24, 2.45) is 0 Å². The smallest absolute Gasteiger partial charge is 0.270 e. The minimum atomic E-state index is -0.545. The Labute approximate surface area is 161 Å². The summed E-state index contributed by atoms with van der Waals surface area (Å²) in [6, 6.07) is 10.8. The lowest BCUT2D eigenvalue weighted by atomic mass is 10.1. The topological polar surface area (TPSA) is 118 Å². The van der Waals surface area contributed by atoms with Crippen molar-refractivity contribution in [2.75, 3.05) is 43.6 Å². The van der Waals surface area contributed by atoms with E-state index in [4.69, 9.17) is 14.7 Å². The summed E-state index contributed by atoms with van der Waals surface area (Å²) >= 11 is 0. The van der Waals surface area contributed by atoms with Crippen LogP contribution in [0.25, 0.3) is 0 Å². The first-order valence-electron chi connectivity index (χ1n) is 8.54. The first-order chi connectivity index (χ1) is 13.5. The molecule has 1 heterocycles. The van der Waals surface area contributed by atoms with Crippen molar-refractivity contribution in [3.8, 4) is 11.8 Å². The Morgan fingerprint density at radius 3 is 2.68 bits per heavy atom. The number of hydrogen-bond acceptors (Lipinski definition) is 7. The van der Waals surface area contributed by atoms with Crippen LogP contribution in [0, 0.1) is 21.4 Å². The Morgan fingerprint density at radius 2 is 2.04 bits per heavy atom. The summed E-state index contributed by atoms with van der Waals surface area (Å²) < 4.78 is 10.6. The van der Waals surface area contributed by atoms with E-state index in [9.17, 15) is 14.9 Å². The Hall–Kier alpha value is -3.64. The van der Waals surface area contributed by atoms with E-state index in [0.717, 1.165) is 0 Å². The lowest BCUT2D eigenvalue weighted by Gasteiger charge is -2.30. The number of morpholine rings is 1. The van der Waals surface area contributed by atoms with E-state index in [0.29, 0.717) is 49.0 Å². The zero-order chi connectivity index (χ0) is 20.1. The van der Waals surface area contributed by atoms with Gasteiger partial charge in [-0.1, -0.05) is 0 Å². The summed E-state index contributed by atoms with van der Waals surface area (Å²) in [6.45, 7) is 2.17. The van der Waals surface area contributed by atoms with Crippen LogP contribution in [0.15, 0.2) is 36.4 Å². The number of nitro groups is 1. The fourth-order valence-corrected chi connectivity index (χ4v) is 2.96. The number of carbonyl (C=O) groups is 1. The van der Waals surface area contributed by atoms with Gasteiger partial charge in [-0.25, -0.2) is 0 Å². The van der Waals surface area contributed by atoms with Gasteiger partial charge in [-0.15, -0.1) is 0 Å². The fourth-order valence-electron chi connectivity index (χ4n) is 2.96. The van der Waals surface area contributed by atoms with E-state index in [1.807, 2.05) is 11.0 Å². The number of rotatable bonds is 5. The lowest BCUT2D eigenvalue weighted by Crippen LogP contribution is -2.37. The first kappa shape index (κ1) is 19.1. The molecule has 0 aliphatic carbocycles. The second-order valence-corrected chi connectivity index (χ2v) is 6.04. The van der Waals surface area contributed by atoms with Crippen LogP contribution in [-0.4, -0.2) is 44.2 Å². The average molecular weight is 382 g/mol. The predicted octanol–water partition coefficient (Wildman–Crippen LogP) is 2.56.